The van der Waals surface area contributed by atoms with Crippen LogP contribution in [-0.4, -0.2) is 17.1 Å². The van der Waals surface area contributed by atoms with E-state index >= 15 is 0 Å². The summed E-state index contributed by atoms with van der Waals surface area (Å²) in [5, 5.41) is 0. The molecule has 7 nitrogen and oxygen atoms in total. The maximum Gasteiger partial charge on any atom is 0.240 e. The number of ether oxygens (including phenoxy) is 2. The monoisotopic (exact) mass is 345 g/mol. The van der Waals surface area contributed by atoms with Crippen LogP contribution in [-0.2, 0) is 9.59 Å². The standard InChI is InChI=1S/C19H11N3O4/c23-12-20-14-4-1-6-16(10-14)25-18-8-3-9-19(22-18)26-17-7-2-5-15(11-17)21-13-24/h1-11H. The van der Waals surface area contributed by atoms with Crippen molar-refractivity contribution in [2.24, 2.45) is 9.98 Å². The van der Waals surface area contributed by atoms with Crippen LogP contribution >= 0.6 is 0 Å². The third kappa shape index (κ3) is 4.49. The fourth-order valence-corrected chi connectivity index (χ4v) is 2.09. The molecule has 126 valence electrons. The van der Waals surface area contributed by atoms with Crippen LogP contribution in [0.2, 0.25) is 0 Å². The number of rotatable bonds is 6. The second kappa shape index (κ2) is 8.17. The molecule has 26 heavy (non-hydrogen) atoms. The van der Waals surface area contributed by atoms with Crippen molar-refractivity contribution in [3.8, 4) is 23.3 Å². The molecule has 3 aromatic rings. The van der Waals surface area contributed by atoms with Crippen molar-refractivity contribution in [2.75, 3.05) is 0 Å². The van der Waals surface area contributed by atoms with Crippen LogP contribution in [0.3, 0.4) is 0 Å². The number of hydrogen-bond acceptors (Lipinski definition) is 7. The minimum absolute atomic E-state index is 0.303. The molecule has 7 heteroatoms. The van der Waals surface area contributed by atoms with Gasteiger partial charge in [-0.15, -0.1) is 0 Å². The summed E-state index contributed by atoms with van der Waals surface area (Å²) in [4.78, 5) is 32.0. The van der Waals surface area contributed by atoms with E-state index in [1.807, 2.05) is 0 Å². The molecular formula is C19H11N3O4. The van der Waals surface area contributed by atoms with Crippen LogP contribution < -0.4 is 9.47 Å². The quantitative estimate of drug-likeness (QED) is 0.481. The highest BCUT2D eigenvalue weighted by Gasteiger charge is 2.04. The number of aromatic nitrogens is 1. The lowest BCUT2D eigenvalue weighted by molar-refractivity contribution is 0.426. The van der Waals surface area contributed by atoms with Gasteiger partial charge in [0.15, 0.2) is 0 Å². The third-order valence-corrected chi connectivity index (χ3v) is 3.13. The van der Waals surface area contributed by atoms with Crippen molar-refractivity contribution < 1.29 is 19.1 Å². The fourth-order valence-electron chi connectivity index (χ4n) is 2.09. The molecule has 0 aliphatic rings. The number of benzene rings is 2. The Morgan fingerprint density at radius 2 is 1.15 bits per heavy atom. The van der Waals surface area contributed by atoms with Crippen LogP contribution in [0.5, 0.6) is 23.3 Å². The second-order valence-corrected chi connectivity index (χ2v) is 4.92. The molecule has 0 saturated carbocycles. The van der Waals surface area contributed by atoms with Crippen molar-refractivity contribution in [1.82, 2.24) is 4.98 Å². The van der Waals surface area contributed by atoms with Crippen molar-refractivity contribution in [2.45, 2.75) is 0 Å². The summed E-state index contributed by atoms with van der Waals surface area (Å²) in [6.07, 6.45) is 2.95. The lowest BCUT2D eigenvalue weighted by atomic mass is 10.3. The summed E-state index contributed by atoms with van der Waals surface area (Å²) in [6, 6.07) is 18.3. The van der Waals surface area contributed by atoms with Gasteiger partial charge in [0.05, 0.1) is 11.4 Å². The Hall–Kier alpha value is -4.05. The van der Waals surface area contributed by atoms with Crippen molar-refractivity contribution in [3.63, 3.8) is 0 Å². The lowest BCUT2D eigenvalue weighted by Gasteiger charge is -2.08. The van der Waals surface area contributed by atoms with E-state index in [4.69, 9.17) is 9.47 Å². The molecule has 0 radical (unpaired) electrons. The predicted octanol–water partition coefficient (Wildman–Crippen LogP) is 4.60. The van der Waals surface area contributed by atoms with E-state index in [2.05, 4.69) is 15.0 Å². The molecule has 0 fully saturated rings. The van der Waals surface area contributed by atoms with Gasteiger partial charge in [-0.05, 0) is 24.3 Å². The molecule has 2 aromatic carbocycles. The normalized spacial score (nSPS) is 9.54. The first-order valence-corrected chi connectivity index (χ1v) is 7.45. The molecule has 3 rings (SSSR count). The summed E-state index contributed by atoms with van der Waals surface area (Å²) in [7, 11) is 0. The smallest absolute Gasteiger partial charge is 0.240 e. The van der Waals surface area contributed by atoms with E-state index in [1.165, 1.54) is 12.2 Å². The van der Waals surface area contributed by atoms with E-state index in [-0.39, 0.29) is 0 Å². The van der Waals surface area contributed by atoms with Gasteiger partial charge in [0.25, 0.3) is 0 Å². The molecule has 0 unspecified atom stereocenters. The Balaban J connectivity index is 1.78. The van der Waals surface area contributed by atoms with Gasteiger partial charge in [-0.25, -0.2) is 9.59 Å². The van der Waals surface area contributed by atoms with Crippen LogP contribution in [0.15, 0.2) is 76.7 Å². The average Bonchev–Trinajstić information content (AvgIpc) is 2.63. The molecule has 1 heterocycles. The number of hydrogen-bond donors (Lipinski definition) is 0. The summed E-state index contributed by atoms with van der Waals surface area (Å²) in [5.41, 5.74) is 0.856. The molecule has 0 amide bonds. The molecule has 0 spiro atoms. The maximum atomic E-state index is 10.3. The Morgan fingerprint density at radius 3 is 1.62 bits per heavy atom. The molecule has 0 bridgehead atoms. The lowest BCUT2D eigenvalue weighted by Crippen LogP contribution is -1.91. The number of nitrogens with zero attached hydrogens (tertiary/aromatic N) is 3. The highest BCUT2D eigenvalue weighted by molar-refractivity contribution is 5.52. The molecule has 0 saturated heterocycles. The second-order valence-electron chi connectivity index (χ2n) is 4.92. The van der Waals surface area contributed by atoms with Crippen LogP contribution in [0.25, 0.3) is 0 Å². The van der Waals surface area contributed by atoms with E-state index in [0.29, 0.717) is 34.6 Å². The zero-order valence-corrected chi connectivity index (χ0v) is 13.3. The highest BCUT2D eigenvalue weighted by Crippen LogP contribution is 2.28. The van der Waals surface area contributed by atoms with Crippen molar-refractivity contribution >= 4 is 23.5 Å². The van der Waals surface area contributed by atoms with Crippen LogP contribution in [0.4, 0.5) is 11.4 Å². The zero-order chi connectivity index (χ0) is 18.2. The Morgan fingerprint density at radius 1 is 0.692 bits per heavy atom. The Kier molecular flexibility index (Phi) is 5.28. The van der Waals surface area contributed by atoms with E-state index in [0.717, 1.165) is 0 Å². The van der Waals surface area contributed by atoms with Crippen molar-refractivity contribution in [1.29, 1.82) is 0 Å². The summed E-state index contributed by atoms with van der Waals surface area (Å²) >= 11 is 0. The van der Waals surface area contributed by atoms with Crippen LogP contribution in [0, 0.1) is 0 Å². The number of pyridine rings is 1. The summed E-state index contributed by atoms with van der Waals surface area (Å²) in [5.74, 6) is 1.54. The van der Waals surface area contributed by atoms with E-state index < -0.39 is 0 Å². The summed E-state index contributed by atoms with van der Waals surface area (Å²) in [6.45, 7) is 0. The number of isocyanates is 2. The number of carbonyl (C=O) groups excluding carboxylic acids is 2. The Labute approximate surface area is 148 Å². The first-order chi connectivity index (χ1) is 12.8. The van der Waals surface area contributed by atoms with Gasteiger partial charge in [-0.3, -0.25) is 0 Å². The number of aliphatic imine (C=N–C) groups is 2. The first kappa shape index (κ1) is 16.8. The highest BCUT2D eigenvalue weighted by atomic mass is 16.5. The largest absolute Gasteiger partial charge is 0.439 e. The molecule has 0 N–H and O–H groups in total. The van der Waals surface area contributed by atoms with Gasteiger partial charge in [-0.1, -0.05) is 18.2 Å². The first-order valence-electron chi connectivity index (χ1n) is 7.45. The van der Waals surface area contributed by atoms with Gasteiger partial charge in [0.2, 0.25) is 23.9 Å². The van der Waals surface area contributed by atoms with E-state index in [1.54, 1.807) is 66.7 Å². The minimum atomic E-state index is 0.303. The topological polar surface area (TPSA) is 90.2 Å². The van der Waals surface area contributed by atoms with Gasteiger partial charge >= 0.3 is 0 Å². The predicted molar refractivity (Wildman–Crippen MR) is 92.8 cm³/mol. The molecule has 0 aliphatic heterocycles. The summed E-state index contributed by atoms with van der Waals surface area (Å²) < 4.78 is 11.3. The van der Waals surface area contributed by atoms with Gasteiger partial charge in [-0.2, -0.15) is 15.0 Å². The van der Waals surface area contributed by atoms with Gasteiger partial charge < -0.3 is 9.47 Å². The maximum absolute atomic E-state index is 10.3. The Bertz CT molecular complexity index is 944. The molecular weight excluding hydrogens is 334 g/mol. The zero-order valence-electron chi connectivity index (χ0n) is 13.3. The van der Waals surface area contributed by atoms with Gasteiger partial charge in [0, 0.05) is 24.3 Å². The van der Waals surface area contributed by atoms with Crippen LogP contribution in [0.1, 0.15) is 0 Å². The third-order valence-electron chi connectivity index (χ3n) is 3.13. The van der Waals surface area contributed by atoms with Crippen molar-refractivity contribution in [3.05, 3.63) is 66.7 Å². The molecule has 1 aromatic heterocycles. The van der Waals surface area contributed by atoms with Gasteiger partial charge in [0.1, 0.15) is 11.5 Å². The fraction of sp³-hybridized carbons (Fsp3) is 0. The molecule has 0 aliphatic carbocycles. The minimum Gasteiger partial charge on any atom is -0.439 e. The SMILES string of the molecule is O=C=Nc1cccc(Oc2cccc(Oc3cccc(N=C=O)c3)n2)c1. The molecule has 0 atom stereocenters. The van der Waals surface area contributed by atoms with E-state index in [9.17, 15) is 9.59 Å². The average molecular weight is 345 g/mol.